The average molecular weight is 504 g/mol. The van der Waals surface area contributed by atoms with Gasteiger partial charge in [-0.2, -0.15) is 16.8 Å². The van der Waals surface area contributed by atoms with Crippen LogP contribution >= 0.6 is 0 Å². The van der Waals surface area contributed by atoms with Crippen LogP contribution in [-0.2, 0) is 58.7 Å². The van der Waals surface area contributed by atoms with E-state index in [1.54, 1.807) is 0 Å². The third kappa shape index (κ3) is 4.89. The number of amides is 4. The molecule has 0 saturated carbocycles. The van der Waals surface area contributed by atoms with Gasteiger partial charge in [0.25, 0.3) is 43.9 Å². The molecule has 0 aromatic heterocycles. The Morgan fingerprint density at radius 1 is 0.750 bits per heavy atom. The largest absolute Gasteiger partial charge is 0.379 e. The molecule has 2 aliphatic rings. The van der Waals surface area contributed by atoms with E-state index in [-0.39, 0.29) is 0 Å². The Bertz CT molecular complexity index is 1020. The third-order valence-corrected chi connectivity index (χ3v) is 6.16. The van der Waals surface area contributed by atoms with E-state index in [0.717, 1.165) is 0 Å². The van der Waals surface area contributed by atoms with Crippen molar-refractivity contribution < 1.29 is 74.6 Å². The van der Waals surface area contributed by atoms with Gasteiger partial charge in [-0.25, -0.2) is 9.59 Å². The maximum absolute atomic E-state index is 11.8. The lowest BCUT2D eigenvalue weighted by atomic mass is 10.2. The maximum Gasteiger partial charge on any atom is 0.364 e. The SMILES string of the molecule is O=C(ON1C(=O)C[C@@H](S(=O)(=O)O)C1=O)[C@@H](O)[C@H](O)C(=O)ON1C(=O)C[C@H](S(=O)(=O)O)C1=O. The number of rotatable bonds is 7. The second kappa shape index (κ2) is 8.48. The molecule has 2 heterocycles. The van der Waals surface area contributed by atoms with Crippen molar-refractivity contribution in [2.75, 3.05) is 0 Å². The van der Waals surface area contributed by atoms with Crippen molar-refractivity contribution in [3.05, 3.63) is 0 Å². The highest BCUT2D eigenvalue weighted by Crippen LogP contribution is 2.22. The van der Waals surface area contributed by atoms with Gasteiger partial charge in [0, 0.05) is 0 Å². The van der Waals surface area contributed by atoms with Crippen LogP contribution in [0.4, 0.5) is 0 Å². The molecule has 4 atom stereocenters. The van der Waals surface area contributed by atoms with Gasteiger partial charge in [-0.15, -0.1) is 10.1 Å². The molecule has 18 nitrogen and oxygen atoms in total. The Labute approximate surface area is 176 Å². The van der Waals surface area contributed by atoms with Crippen LogP contribution in [0.3, 0.4) is 0 Å². The number of hydrogen-bond acceptors (Lipinski definition) is 14. The fourth-order valence-corrected chi connectivity index (χ4v) is 3.78. The highest BCUT2D eigenvalue weighted by Gasteiger charge is 2.51. The van der Waals surface area contributed by atoms with Gasteiger partial charge in [0.05, 0.1) is 12.8 Å². The molecule has 0 unspecified atom stereocenters. The zero-order chi connectivity index (χ0) is 24.8. The molecule has 0 aromatic carbocycles. The third-order valence-electron chi connectivity index (χ3n) is 3.99. The number of carbonyl (C=O) groups excluding carboxylic acids is 6. The van der Waals surface area contributed by atoms with E-state index in [2.05, 4.69) is 9.68 Å². The maximum atomic E-state index is 11.8. The van der Waals surface area contributed by atoms with Crippen LogP contribution in [0.1, 0.15) is 12.8 Å². The number of nitrogens with zero attached hydrogens (tertiary/aromatic N) is 2. The van der Waals surface area contributed by atoms with E-state index >= 15 is 0 Å². The molecule has 2 rings (SSSR count). The molecular formula is C12H12N2O16S2. The van der Waals surface area contributed by atoms with E-state index in [1.807, 2.05) is 0 Å². The van der Waals surface area contributed by atoms with E-state index in [4.69, 9.17) is 9.11 Å². The van der Waals surface area contributed by atoms with Crippen molar-refractivity contribution in [2.24, 2.45) is 0 Å². The van der Waals surface area contributed by atoms with Crippen molar-refractivity contribution in [1.82, 2.24) is 10.1 Å². The van der Waals surface area contributed by atoms with Crippen molar-refractivity contribution in [3.63, 3.8) is 0 Å². The summed E-state index contributed by atoms with van der Waals surface area (Å²) in [6.07, 6.45) is -8.12. The van der Waals surface area contributed by atoms with Crippen LogP contribution in [0.25, 0.3) is 0 Å². The molecule has 0 spiro atoms. The molecule has 2 saturated heterocycles. The summed E-state index contributed by atoms with van der Waals surface area (Å²) < 4.78 is 61.7. The zero-order valence-corrected chi connectivity index (χ0v) is 16.8. The normalized spacial score (nSPS) is 24.0. The van der Waals surface area contributed by atoms with Crippen molar-refractivity contribution in [1.29, 1.82) is 0 Å². The smallest absolute Gasteiger partial charge is 0.364 e. The van der Waals surface area contributed by atoms with Crippen LogP contribution in [0.2, 0.25) is 0 Å². The second-order valence-corrected chi connectivity index (χ2v) is 9.38. The summed E-state index contributed by atoms with van der Waals surface area (Å²) in [6, 6.07) is 0. The molecular weight excluding hydrogens is 492 g/mol. The summed E-state index contributed by atoms with van der Waals surface area (Å²) in [4.78, 5) is 78.4. The summed E-state index contributed by atoms with van der Waals surface area (Å²) in [6.45, 7) is 0. The van der Waals surface area contributed by atoms with Crippen molar-refractivity contribution >= 4 is 55.8 Å². The summed E-state index contributed by atoms with van der Waals surface area (Å²) in [7, 11) is -10.1. The monoisotopic (exact) mass is 504 g/mol. The Hall–Kier alpha value is -3.04. The number of imide groups is 2. The molecule has 0 radical (unpaired) electrons. The highest BCUT2D eigenvalue weighted by atomic mass is 32.2. The van der Waals surface area contributed by atoms with Gasteiger partial charge in [0.1, 0.15) is 0 Å². The first-order valence-corrected chi connectivity index (χ1v) is 10.9. The highest BCUT2D eigenvalue weighted by molar-refractivity contribution is 7.87. The summed E-state index contributed by atoms with van der Waals surface area (Å²) in [5.74, 6) is -10.5. The summed E-state index contributed by atoms with van der Waals surface area (Å²) in [5, 5.41) is 13.8. The molecule has 178 valence electrons. The van der Waals surface area contributed by atoms with Gasteiger partial charge in [0.15, 0.2) is 22.7 Å². The lowest BCUT2D eigenvalue weighted by Gasteiger charge is -2.20. The number of hydrogen-bond donors (Lipinski definition) is 4. The molecule has 2 aliphatic heterocycles. The molecule has 0 aromatic rings. The lowest BCUT2D eigenvalue weighted by Crippen LogP contribution is -2.48. The average Bonchev–Trinajstić information content (AvgIpc) is 3.11. The molecule has 4 amide bonds. The Balaban J connectivity index is 2.05. The molecule has 2 fully saturated rings. The number of hydroxylamine groups is 4. The van der Waals surface area contributed by atoms with Crippen LogP contribution in [-0.4, -0.2) is 105 Å². The van der Waals surface area contributed by atoms with E-state index in [9.17, 15) is 55.8 Å². The topological polar surface area (TPSA) is 277 Å². The lowest BCUT2D eigenvalue weighted by molar-refractivity contribution is -0.216. The van der Waals surface area contributed by atoms with Gasteiger partial charge in [-0.05, 0) is 0 Å². The second-order valence-electron chi connectivity index (χ2n) is 6.18. The predicted molar refractivity (Wildman–Crippen MR) is 87.8 cm³/mol. The first-order chi connectivity index (χ1) is 14.5. The standard InChI is InChI=1S/C12H12N2O16S2/c15-5-1-3(31(23,24)25)9(19)13(5)29-11(21)7(17)8(18)12(22)30-14-6(16)2-4(10(14)20)32(26,27)28/h3-4,7-8,17-18H,1-2H2,(H,23,24,25)(H,26,27,28)/t3-,4+,7-,8-/m0/s1. The van der Waals surface area contributed by atoms with Crippen LogP contribution in [0.15, 0.2) is 0 Å². The van der Waals surface area contributed by atoms with Crippen LogP contribution in [0, 0.1) is 0 Å². The van der Waals surface area contributed by atoms with Gasteiger partial charge in [-0.1, -0.05) is 0 Å². The predicted octanol–water partition coefficient (Wildman–Crippen LogP) is -5.34. The van der Waals surface area contributed by atoms with Crippen molar-refractivity contribution in [2.45, 2.75) is 35.5 Å². The molecule has 0 aliphatic carbocycles. The fourth-order valence-electron chi connectivity index (χ4n) is 2.37. The van der Waals surface area contributed by atoms with Crippen molar-refractivity contribution in [3.8, 4) is 0 Å². The quantitative estimate of drug-likeness (QED) is 0.186. The van der Waals surface area contributed by atoms with Gasteiger partial charge in [0.2, 0.25) is 0 Å². The molecule has 4 N–H and O–H groups in total. The summed E-state index contributed by atoms with van der Waals surface area (Å²) >= 11 is 0. The Morgan fingerprint density at radius 3 is 1.25 bits per heavy atom. The zero-order valence-electron chi connectivity index (χ0n) is 15.1. The fraction of sp³-hybridized carbons (Fsp3) is 0.500. The van der Waals surface area contributed by atoms with E-state index in [0.29, 0.717) is 0 Å². The first-order valence-electron chi connectivity index (χ1n) is 7.92. The minimum atomic E-state index is -5.06. The van der Waals surface area contributed by atoms with Gasteiger partial charge in [-0.3, -0.25) is 28.3 Å². The number of aliphatic hydroxyl groups excluding tert-OH is 2. The van der Waals surface area contributed by atoms with E-state index in [1.165, 1.54) is 0 Å². The molecule has 32 heavy (non-hydrogen) atoms. The first kappa shape index (κ1) is 25.2. The molecule has 20 heteroatoms. The minimum absolute atomic E-state index is 0.452. The Morgan fingerprint density at radius 2 is 1.03 bits per heavy atom. The Kier molecular flexibility index (Phi) is 6.68. The molecule has 0 bridgehead atoms. The number of aliphatic hydroxyl groups is 2. The van der Waals surface area contributed by atoms with Gasteiger partial charge >= 0.3 is 11.9 Å². The van der Waals surface area contributed by atoms with Gasteiger partial charge < -0.3 is 19.9 Å². The van der Waals surface area contributed by atoms with Crippen LogP contribution < -0.4 is 0 Å². The number of carbonyl (C=O) groups is 6. The summed E-state index contributed by atoms with van der Waals surface area (Å²) in [5.41, 5.74) is 0. The minimum Gasteiger partial charge on any atom is -0.379 e. The van der Waals surface area contributed by atoms with Crippen LogP contribution in [0.5, 0.6) is 0 Å². The van der Waals surface area contributed by atoms with E-state index < -0.39 is 101 Å².